The van der Waals surface area contributed by atoms with Gasteiger partial charge in [-0.3, -0.25) is 10.1 Å². The molecule has 178 valence electrons. The van der Waals surface area contributed by atoms with Gasteiger partial charge in [-0.25, -0.2) is 4.79 Å². The Balaban J connectivity index is 1.79. The number of pyridine rings is 1. The fraction of sp³-hybridized carbons (Fsp3) is 0.172. The maximum Gasteiger partial charge on any atom is 0.328 e. The van der Waals surface area contributed by atoms with Crippen molar-refractivity contribution in [1.82, 2.24) is 15.2 Å². The van der Waals surface area contributed by atoms with E-state index >= 15 is 0 Å². The van der Waals surface area contributed by atoms with E-state index in [1.165, 1.54) is 6.08 Å². The number of rotatable bonds is 6. The van der Waals surface area contributed by atoms with E-state index in [0.29, 0.717) is 22.2 Å². The lowest BCUT2D eigenvalue weighted by atomic mass is 9.73. The number of nitrogens with one attached hydrogen (secondary N) is 1. The molecule has 0 spiro atoms. The molecule has 0 saturated heterocycles. The second-order valence-electron chi connectivity index (χ2n) is 9.00. The van der Waals surface area contributed by atoms with Crippen molar-refractivity contribution in [3.8, 4) is 6.07 Å². The first-order valence-corrected chi connectivity index (χ1v) is 11.7. The van der Waals surface area contributed by atoms with Gasteiger partial charge in [0.2, 0.25) is 5.95 Å². The van der Waals surface area contributed by atoms with Crippen LogP contribution in [0.5, 0.6) is 0 Å². The van der Waals surface area contributed by atoms with Crippen molar-refractivity contribution in [3.05, 3.63) is 100 Å². The van der Waals surface area contributed by atoms with Crippen LogP contribution in [0.1, 0.15) is 52.8 Å². The van der Waals surface area contributed by atoms with E-state index in [4.69, 9.17) is 10.1 Å². The zero-order chi connectivity index (χ0) is 25.2. The van der Waals surface area contributed by atoms with Gasteiger partial charge in [0.1, 0.15) is 6.07 Å². The SMILES string of the molecule is Cc1cnc(/C(=C(\c2ccc(/C=C/C(=O)O)cc2)c2ccc3n[nH]c(F)c3c2)C2CCC2)c(C#N)c1. The first kappa shape index (κ1) is 23.2. The Kier molecular flexibility index (Phi) is 6.17. The number of aromatic nitrogens is 3. The summed E-state index contributed by atoms with van der Waals surface area (Å²) in [6.45, 7) is 1.91. The van der Waals surface area contributed by atoms with Crippen LogP contribution in [0.15, 0.2) is 60.8 Å². The molecule has 36 heavy (non-hydrogen) atoms. The van der Waals surface area contributed by atoms with Crippen molar-refractivity contribution in [3.63, 3.8) is 0 Å². The molecule has 2 heterocycles. The molecule has 0 unspecified atom stereocenters. The second kappa shape index (κ2) is 9.59. The van der Waals surface area contributed by atoms with Gasteiger partial charge in [-0.05, 0) is 83.4 Å². The minimum absolute atomic E-state index is 0.207. The number of benzene rings is 2. The van der Waals surface area contributed by atoms with E-state index in [1.807, 2.05) is 43.3 Å². The molecule has 5 rings (SSSR count). The van der Waals surface area contributed by atoms with Crippen molar-refractivity contribution in [2.45, 2.75) is 26.2 Å². The van der Waals surface area contributed by atoms with E-state index < -0.39 is 11.9 Å². The molecule has 0 radical (unpaired) electrons. The number of allylic oxidation sites excluding steroid dienone is 1. The number of hydrogen-bond acceptors (Lipinski definition) is 4. The topological polar surface area (TPSA) is 103 Å². The summed E-state index contributed by atoms with van der Waals surface area (Å²) in [6, 6.07) is 17.2. The third kappa shape index (κ3) is 4.41. The largest absolute Gasteiger partial charge is 0.478 e. The van der Waals surface area contributed by atoms with Crippen LogP contribution in [0, 0.1) is 30.1 Å². The number of hydrogen-bond donors (Lipinski definition) is 2. The number of carbonyl (C=O) groups is 1. The number of aliphatic carboxylic acids is 1. The highest BCUT2D eigenvalue weighted by molar-refractivity contribution is 6.01. The average molecular weight is 479 g/mol. The lowest BCUT2D eigenvalue weighted by Gasteiger charge is -2.31. The van der Waals surface area contributed by atoms with Crippen LogP contribution < -0.4 is 0 Å². The molecule has 7 heteroatoms. The van der Waals surface area contributed by atoms with Gasteiger partial charge in [-0.2, -0.15) is 14.8 Å². The Morgan fingerprint density at radius 3 is 2.58 bits per heavy atom. The molecule has 1 saturated carbocycles. The van der Waals surface area contributed by atoms with Crippen LogP contribution >= 0.6 is 0 Å². The van der Waals surface area contributed by atoms with E-state index in [-0.39, 0.29) is 5.92 Å². The number of H-pyrrole nitrogens is 1. The summed E-state index contributed by atoms with van der Waals surface area (Å²) < 4.78 is 14.5. The van der Waals surface area contributed by atoms with E-state index in [2.05, 4.69) is 16.3 Å². The molecule has 1 aliphatic rings. The van der Waals surface area contributed by atoms with Crippen LogP contribution in [0.25, 0.3) is 28.1 Å². The predicted molar refractivity (Wildman–Crippen MR) is 136 cm³/mol. The Labute approximate surface area is 207 Å². The zero-order valence-corrected chi connectivity index (χ0v) is 19.6. The summed E-state index contributed by atoms with van der Waals surface area (Å²) in [6.07, 6.45) is 7.43. The van der Waals surface area contributed by atoms with Crippen LogP contribution in [-0.2, 0) is 4.79 Å². The van der Waals surface area contributed by atoms with Gasteiger partial charge in [0.25, 0.3) is 0 Å². The van der Waals surface area contributed by atoms with E-state index in [1.54, 1.807) is 18.3 Å². The van der Waals surface area contributed by atoms with Gasteiger partial charge >= 0.3 is 5.97 Å². The summed E-state index contributed by atoms with van der Waals surface area (Å²) in [7, 11) is 0. The van der Waals surface area contributed by atoms with E-state index in [0.717, 1.165) is 58.7 Å². The number of halogens is 1. The summed E-state index contributed by atoms with van der Waals surface area (Å²) in [5, 5.41) is 25.7. The standard InChI is InChI=1S/C29H23FN4O2/c1-17-13-22(15-31)28(32-16-17)27(19-3-2-4-19)26(20-8-5-18(6-9-20)7-12-25(35)36)21-10-11-24-23(14-21)29(30)34-33-24/h5-14,16,19H,2-4H2,1H3,(H,33,34)(H,35,36)/b12-7+,27-26+. The van der Waals surface area contributed by atoms with Crippen LogP contribution in [0.3, 0.4) is 0 Å². The number of carboxylic acids is 1. The molecular weight excluding hydrogens is 455 g/mol. The number of fused-ring (bicyclic) bond motifs is 1. The number of aromatic amines is 1. The van der Waals surface area contributed by atoms with Crippen LogP contribution in [0.4, 0.5) is 4.39 Å². The molecule has 2 N–H and O–H groups in total. The lowest BCUT2D eigenvalue weighted by molar-refractivity contribution is -0.131. The van der Waals surface area contributed by atoms with Crippen LogP contribution in [0.2, 0.25) is 0 Å². The third-order valence-electron chi connectivity index (χ3n) is 6.60. The Hall–Kier alpha value is -4.57. The number of aryl methyl sites for hydroxylation is 1. The number of nitrogens with zero attached hydrogens (tertiary/aromatic N) is 3. The predicted octanol–water partition coefficient (Wildman–Crippen LogP) is 6.13. The molecule has 0 aliphatic heterocycles. The molecule has 1 fully saturated rings. The Bertz CT molecular complexity index is 1570. The van der Waals surface area contributed by atoms with Crippen molar-refractivity contribution in [2.24, 2.45) is 5.92 Å². The van der Waals surface area contributed by atoms with Gasteiger partial charge in [0.05, 0.1) is 22.2 Å². The summed E-state index contributed by atoms with van der Waals surface area (Å²) in [5.74, 6) is -1.31. The van der Waals surface area contributed by atoms with Gasteiger partial charge in [-0.15, -0.1) is 0 Å². The fourth-order valence-electron chi connectivity index (χ4n) is 4.62. The van der Waals surface area contributed by atoms with Gasteiger partial charge in [-0.1, -0.05) is 36.8 Å². The smallest absolute Gasteiger partial charge is 0.328 e. The minimum atomic E-state index is -1.02. The molecule has 4 aromatic rings. The van der Waals surface area contributed by atoms with Gasteiger partial charge in [0.15, 0.2) is 0 Å². The quantitative estimate of drug-likeness (QED) is 0.324. The lowest BCUT2D eigenvalue weighted by Crippen LogP contribution is -2.17. The normalized spacial score (nSPS) is 14.5. The zero-order valence-electron chi connectivity index (χ0n) is 19.6. The highest BCUT2D eigenvalue weighted by Gasteiger charge is 2.30. The average Bonchev–Trinajstić information content (AvgIpc) is 3.22. The molecule has 0 bridgehead atoms. The van der Waals surface area contributed by atoms with Crippen molar-refractivity contribution >= 4 is 34.1 Å². The first-order valence-electron chi connectivity index (χ1n) is 11.7. The van der Waals surface area contributed by atoms with Crippen molar-refractivity contribution < 1.29 is 14.3 Å². The molecule has 0 atom stereocenters. The van der Waals surface area contributed by atoms with Crippen LogP contribution in [-0.4, -0.2) is 26.3 Å². The maximum atomic E-state index is 14.5. The Morgan fingerprint density at radius 1 is 1.17 bits per heavy atom. The molecule has 6 nitrogen and oxygen atoms in total. The van der Waals surface area contributed by atoms with Crippen molar-refractivity contribution in [2.75, 3.05) is 0 Å². The maximum absolute atomic E-state index is 14.5. The number of nitriles is 1. The van der Waals surface area contributed by atoms with E-state index in [9.17, 15) is 14.4 Å². The second-order valence-corrected chi connectivity index (χ2v) is 9.00. The monoisotopic (exact) mass is 478 g/mol. The minimum Gasteiger partial charge on any atom is -0.478 e. The molecule has 2 aromatic heterocycles. The third-order valence-corrected chi connectivity index (χ3v) is 6.60. The summed E-state index contributed by atoms with van der Waals surface area (Å²) in [5.41, 5.74) is 6.84. The molecule has 1 aliphatic carbocycles. The summed E-state index contributed by atoms with van der Waals surface area (Å²) in [4.78, 5) is 15.6. The molecular formula is C29H23FN4O2. The Morgan fingerprint density at radius 2 is 1.92 bits per heavy atom. The van der Waals surface area contributed by atoms with Gasteiger partial charge in [0, 0.05) is 12.3 Å². The number of carboxylic acid groups (broad SMARTS) is 1. The van der Waals surface area contributed by atoms with Gasteiger partial charge < -0.3 is 5.11 Å². The highest BCUT2D eigenvalue weighted by Crippen LogP contribution is 2.45. The fourth-order valence-corrected chi connectivity index (χ4v) is 4.62. The first-order chi connectivity index (χ1) is 17.4. The highest BCUT2D eigenvalue weighted by atomic mass is 19.1. The molecule has 0 amide bonds. The van der Waals surface area contributed by atoms with Crippen molar-refractivity contribution in [1.29, 1.82) is 5.26 Å². The summed E-state index contributed by atoms with van der Waals surface area (Å²) >= 11 is 0. The molecule has 2 aromatic carbocycles.